The lowest BCUT2D eigenvalue weighted by atomic mass is 10.1. The lowest BCUT2D eigenvalue weighted by Gasteiger charge is -2.20. The second-order valence-electron chi connectivity index (χ2n) is 7.92. The highest BCUT2D eigenvalue weighted by molar-refractivity contribution is 6.11. The van der Waals surface area contributed by atoms with Crippen LogP contribution in [0, 0.1) is 0 Å². The van der Waals surface area contributed by atoms with Gasteiger partial charge in [-0.05, 0) is 43.2 Å². The van der Waals surface area contributed by atoms with E-state index in [-0.39, 0.29) is 17.7 Å². The SMILES string of the molecule is COc1cc(C(=O)Nc2ccc3c(c2)C(=O)N2CCC[C@@H]2C(=O)N3)cc2c1OCCCO2. The number of fused-ring (bicyclic) bond motifs is 3. The van der Waals surface area contributed by atoms with E-state index in [0.29, 0.717) is 65.9 Å². The van der Waals surface area contributed by atoms with Gasteiger partial charge < -0.3 is 29.7 Å². The van der Waals surface area contributed by atoms with Gasteiger partial charge in [0.25, 0.3) is 11.8 Å². The number of anilines is 2. The molecule has 0 aliphatic carbocycles. The van der Waals surface area contributed by atoms with Crippen molar-refractivity contribution < 1.29 is 28.6 Å². The molecule has 3 amide bonds. The molecule has 1 atom stereocenters. The van der Waals surface area contributed by atoms with Gasteiger partial charge in [-0.25, -0.2) is 0 Å². The summed E-state index contributed by atoms with van der Waals surface area (Å²) in [5, 5.41) is 5.65. The molecule has 166 valence electrons. The van der Waals surface area contributed by atoms with Crippen LogP contribution in [0.3, 0.4) is 0 Å². The highest BCUT2D eigenvalue weighted by Crippen LogP contribution is 2.40. The molecule has 32 heavy (non-hydrogen) atoms. The summed E-state index contributed by atoms with van der Waals surface area (Å²) in [6.45, 7) is 1.54. The van der Waals surface area contributed by atoms with Gasteiger partial charge in [-0.1, -0.05) is 0 Å². The van der Waals surface area contributed by atoms with Gasteiger partial charge in [0.2, 0.25) is 11.7 Å². The maximum Gasteiger partial charge on any atom is 0.256 e. The molecule has 0 unspecified atom stereocenters. The number of carbonyl (C=O) groups excluding carboxylic acids is 3. The molecule has 0 bridgehead atoms. The predicted octanol–water partition coefficient (Wildman–Crippen LogP) is 2.67. The summed E-state index contributed by atoms with van der Waals surface area (Å²) in [4.78, 5) is 40.0. The van der Waals surface area contributed by atoms with Gasteiger partial charge in [-0.15, -0.1) is 0 Å². The standard InChI is InChI=1S/C23H23N3O6/c1-30-18-10-13(11-19-20(18)32-9-3-8-31-19)21(27)24-14-5-6-16-15(12-14)23(29)26-7-2-4-17(26)22(28)25-16/h5-6,10-12,17H,2-4,7-9H2,1H3,(H,24,27)(H,25,28)/t17-/m1/s1. The molecule has 1 fully saturated rings. The van der Waals surface area contributed by atoms with Crippen LogP contribution in [0.5, 0.6) is 17.2 Å². The smallest absolute Gasteiger partial charge is 0.256 e. The molecular formula is C23H23N3O6. The lowest BCUT2D eigenvalue weighted by Crippen LogP contribution is -2.40. The number of nitrogens with one attached hydrogen (secondary N) is 2. The topological polar surface area (TPSA) is 106 Å². The number of carbonyl (C=O) groups is 3. The quantitative estimate of drug-likeness (QED) is 0.765. The number of amides is 3. The van der Waals surface area contributed by atoms with Gasteiger partial charge in [-0.3, -0.25) is 14.4 Å². The Morgan fingerprint density at radius 2 is 2.00 bits per heavy atom. The molecule has 2 N–H and O–H groups in total. The second-order valence-corrected chi connectivity index (χ2v) is 7.92. The number of hydrogen-bond donors (Lipinski definition) is 2. The van der Waals surface area contributed by atoms with Crippen LogP contribution >= 0.6 is 0 Å². The molecule has 3 aliphatic rings. The first kappa shape index (κ1) is 20.2. The van der Waals surface area contributed by atoms with E-state index in [1.807, 2.05) is 0 Å². The number of benzene rings is 2. The van der Waals surface area contributed by atoms with Gasteiger partial charge in [0, 0.05) is 24.2 Å². The predicted molar refractivity (Wildman–Crippen MR) is 116 cm³/mol. The summed E-state index contributed by atoms with van der Waals surface area (Å²) in [5.41, 5.74) is 1.58. The zero-order chi connectivity index (χ0) is 22.2. The van der Waals surface area contributed by atoms with E-state index in [1.165, 1.54) is 7.11 Å². The highest BCUT2D eigenvalue weighted by atomic mass is 16.5. The normalized spacial score (nSPS) is 19.3. The van der Waals surface area contributed by atoms with Crippen molar-refractivity contribution in [2.45, 2.75) is 25.3 Å². The number of rotatable bonds is 3. The third-order valence-corrected chi connectivity index (χ3v) is 5.88. The molecule has 2 aromatic rings. The Bertz CT molecular complexity index is 1120. The van der Waals surface area contributed by atoms with Crippen molar-refractivity contribution in [1.29, 1.82) is 0 Å². The van der Waals surface area contributed by atoms with Crippen molar-refractivity contribution in [1.82, 2.24) is 4.90 Å². The number of nitrogens with zero attached hydrogens (tertiary/aromatic N) is 1. The highest BCUT2D eigenvalue weighted by Gasteiger charge is 2.38. The Labute approximate surface area is 184 Å². The number of ether oxygens (including phenoxy) is 3. The monoisotopic (exact) mass is 437 g/mol. The fraction of sp³-hybridized carbons (Fsp3) is 0.348. The van der Waals surface area contributed by atoms with E-state index in [9.17, 15) is 14.4 Å². The minimum absolute atomic E-state index is 0.175. The molecule has 1 saturated heterocycles. The fourth-order valence-corrected chi connectivity index (χ4v) is 4.29. The van der Waals surface area contributed by atoms with E-state index >= 15 is 0 Å². The van der Waals surface area contributed by atoms with E-state index in [4.69, 9.17) is 14.2 Å². The van der Waals surface area contributed by atoms with Crippen LogP contribution in [0.2, 0.25) is 0 Å². The molecular weight excluding hydrogens is 414 g/mol. The summed E-state index contributed by atoms with van der Waals surface area (Å²) in [6.07, 6.45) is 2.18. The molecule has 0 aromatic heterocycles. The molecule has 9 nitrogen and oxygen atoms in total. The summed E-state index contributed by atoms with van der Waals surface area (Å²) in [6, 6.07) is 7.64. The van der Waals surface area contributed by atoms with Crippen LogP contribution in [-0.2, 0) is 4.79 Å². The molecule has 0 saturated carbocycles. The van der Waals surface area contributed by atoms with Crippen molar-refractivity contribution in [2.75, 3.05) is 37.5 Å². The molecule has 3 heterocycles. The molecule has 0 radical (unpaired) electrons. The average molecular weight is 437 g/mol. The molecule has 0 spiro atoms. The van der Waals surface area contributed by atoms with Gasteiger partial charge in [0.1, 0.15) is 6.04 Å². The Morgan fingerprint density at radius 3 is 2.84 bits per heavy atom. The molecule has 3 aliphatic heterocycles. The third-order valence-electron chi connectivity index (χ3n) is 5.88. The van der Waals surface area contributed by atoms with Crippen LogP contribution in [0.1, 0.15) is 40.0 Å². The molecule has 2 aromatic carbocycles. The Morgan fingerprint density at radius 1 is 1.16 bits per heavy atom. The van der Waals surface area contributed by atoms with Crippen molar-refractivity contribution in [3.63, 3.8) is 0 Å². The molecule has 5 rings (SSSR count). The second kappa shape index (κ2) is 8.07. The van der Waals surface area contributed by atoms with Gasteiger partial charge in [-0.2, -0.15) is 0 Å². The first-order valence-corrected chi connectivity index (χ1v) is 10.6. The van der Waals surface area contributed by atoms with Crippen LogP contribution in [0.25, 0.3) is 0 Å². The van der Waals surface area contributed by atoms with Gasteiger partial charge in [0.05, 0.1) is 31.6 Å². The van der Waals surface area contributed by atoms with Crippen molar-refractivity contribution in [3.05, 3.63) is 41.5 Å². The first-order valence-electron chi connectivity index (χ1n) is 10.6. The van der Waals surface area contributed by atoms with E-state index in [1.54, 1.807) is 35.2 Å². The summed E-state index contributed by atoms with van der Waals surface area (Å²) in [7, 11) is 1.50. The summed E-state index contributed by atoms with van der Waals surface area (Å²) < 4.78 is 16.8. The zero-order valence-corrected chi connectivity index (χ0v) is 17.6. The van der Waals surface area contributed by atoms with E-state index in [0.717, 1.165) is 12.8 Å². The average Bonchev–Trinajstić information content (AvgIpc) is 3.13. The lowest BCUT2D eigenvalue weighted by molar-refractivity contribution is -0.119. The minimum Gasteiger partial charge on any atom is -0.493 e. The van der Waals surface area contributed by atoms with Crippen molar-refractivity contribution >= 4 is 29.1 Å². The summed E-state index contributed by atoms with van der Waals surface area (Å²) in [5.74, 6) is 0.567. The summed E-state index contributed by atoms with van der Waals surface area (Å²) >= 11 is 0. The maximum absolute atomic E-state index is 13.0. The minimum atomic E-state index is -0.442. The zero-order valence-electron chi connectivity index (χ0n) is 17.6. The van der Waals surface area contributed by atoms with Crippen molar-refractivity contribution in [2.24, 2.45) is 0 Å². The van der Waals surface area contributed by atoms with E-state index < -0.39 is 6.04 Å². The number of hydrogen-bond acceptors (Lipinski definition) is 6. The largest absolute Gasteiger partial charge is 0.493 e. The fourth-order valence-electron chi connectivity index (χ4n) is 4.29. The van der Waals surface area contributed by atoms with Crippen LogP contribution in [0.4, 0.5) is 11.4 Å². The Hall–Kier alpha value is -3.75. The van der Waals surface area contributed by atoms with E-state index in [2.05, 4.69) is 10.6 Å². The Kier molecular flexibility index (Phi) is 5.08. The molecule has 9 heteroatoms. The van der Waals surface area contributed by atoms with Crippen LogP contribution < -0.4 is 24.8 Å². The van der Waals surface area contributed by atoms with Crippen molar-refractivity contribution in [3.8, 4) is 17.2 Å². The Balaban J connectivity index is 1.42. The number of methoxy groups -OCH3 is 1. The third kappa shape index (κ3) is 3.49. The van der Waals surface area contributed by atoms with Crippen LogP contribution in [0.15, 0.2) is 30.3 Å². The van der Waals surface area contributed by atoms with Crippen LogP contribution in [-0.4, -0.2) is 55.5 Å². The first-order chi connectivity index (χ1) is 15.5. The van der Waals surface area contributed by atoms with Gasteiger partial charge in [0.15, 0.2) is 11.5 Å². The van der Waals surface area contributed by atoms with Gasteiger partial charge >= 0.3 is 0 Å². The maximum atomic E-state index is 13.0.